The van der Waals surface area contributed by atoms with Crippen molar-refractivity contribution in [3.05, 3.63) is 0 Å². The van der Waals surface area contributed by atoms with E-state index in [0.29, 0.717) is 0 Å². The van der Waals surface area contributed by atoms with Crippen LogP contribution in [0.1, 0.15) is 0 Å². The van der Waals surface area contributed by atoms with Crippen molar-refractivity contribution in [2.24, 2.45) is 5.73 Å². The molecule has 6 N–H and O–H groups in total. The van der Waals surface area contributed by atoms with Crippen LogP contribution in [0.4, 0.5) is 0 Å². The zero-order valence-corrected chi connectivity index (χ0v) is 8.20. The van der Waals surface area contributed by atoms with Crippen molar-refractivity contribution < 1.29 is 19.8 Å². The second-order valence-corrected chi connectivity index (χ2v) is 2.91. The summed E-state index contributed by atoms with van der Waals surface area (Å²) in [7, 11) is 0. The summed E-state index contributed by atoms with van der Waals surface area (Å²) in [6.07, 6.45) is 0. The van der Waals surface area contributed by atoms with Gasteiger partial charge in [0.25, 0.3) is 0 Å². The predicted octanol–water partition coefficient (Wildman–Crippen LogP) is -2.12. The molecule has 0 fully saturated rings. The zero-order valence-electron chi connectivity index (χ0n) is 7.30. The first-order valence-electron chi connectivity index (χ1n) is 3.79. The van der Waals surface area contributed by atoms with Crippen molar-refractivity contribution >= 4 is 24.6 Å². The van der Waals surface area contributed by atoms with E-state index in [9.17, 15) is 9.59 Å². The van der Waals surface area contributed by atoms with Gasteiger partial charge in [0, 0.05) is 12.3 Å². The van der Waals surface area contributed by atoms with Crippen molar-refractivity contribution in [2.45, 2.75) is 12.1 Å². The highest BCUT2D eigenvalue weighted by Gasteiger charge is 2.16. The van der Waals surface area contributed by atoms with Gasteiger partial charge in [0.15, 0.2) is 0 Å². The minimum atomic E-state index is -1.16. The first kappa shape index (κ1) is 13.2. The minimum Gasteiger partial charge on any atom is -0.480 e. The van der Waals surface area contributed by atoms with Crippen LogP contribution in [0.5, 0.6) is 0 Å². The number of carbonyl (C=O) groups is 2. The van der Waals surface area contributed by atoms with E-state index in [0.717, 1.165) is 0 Å². The Morgan fingerprint density at radius 1 is 1.36 bits per heavy atom. The average Bonchev–Trinajstić information content (AvgIpc) is 2.11. The summed E-state index contributed by atoms with van der Waals surface area (Å²) in [5.41, 5.74) is 9.95. The molecule has 0 aliphatic rings. The minimum absolute atomic E-state index is 0.0626. The maximum atomic E-state index is 10.4. The summed E-state index contributed by atoms with van der Waals surface area (Å²) in [6, 6.07) is -1.95. The molecule has 82 valence electrons. The molecule has 0 aliphatic heterocycles. The molecule has 0 spiro atoms. The Morgan fingerprint density at radius 2 is 1.93 bits per heavy atom. The van der Waals surface area contributed by atoms with Crippen LogP contribution < -0.4 is 16.6 Å². The molecule has 0 aromatic rings. The molecule has 0 amide bonds. The number of rotatable bonds is 7. The van der Waals surface area contributed by atoms with Crippen molar-refractivity contribution in [3.63, 3.8) is 0 Å². The molecule has 0 aromatic heterocycles. The van der Waals surface area contributed by atoms with Crippen LogP contribution in [0.3, 0.4) is 0 Å². The maximum Gasteiger partial charge on any atom is 0.322 e. The third-order valence-corrected chi connectivity index (χ3v) is 1.76. The molecule has 7 nitrogen and oxygen atoms in total. The highest BCUT2D eigenvalue weighted by Crippen LogP contribution is 1.85. The van der Waals surface area contributed by atoms with E-state index >= 15 is 0 Å². The number of hydrazine groups is 1. The quantitative estimate of drug-likeness (QED) is 0.215. The summed E-state index contributed by atoms with van der Waals surface area (Å²) < 4.78 is 0. The van der Waals surface area contributed by atoms with Crippen LogP contribution >= 0.6 is 12.6 Å². The fourth-order valence-corrected chi connectivity index (χ4v) is 0.812. The highest BCUT2D eigenvalue weighted by molar-refractivity contribution is 7.80. The third kappa shape index (κ3) is 5.02. The molecule has 0 unspecified atom stereocenters. The van der Waals surface area contributed by atoms with Crippen LogP contribution in [0.15, 0.2) is 0 Å². The smallest absolute Gasteiger partial charge is 0.322 e. The van der Waals surface area contributed by atoms with E-state index in [-0.39, 0.29) is 12.3 Å². The molecule has 0 saturated carbocycles. The normalized spacial score (nSPS) is 14.7. The number of hydrogen-bond donors (Lipinski definition) is 6. The fourth-order valence-electron chi connectivity index (χ4n) is 0.565. The van der Waals surface area contributed by atoms with Gasteiger partial charge < -0.3 is 15.9 Å². The molecule has 0 aliphatic carbocycles. The van der Waals surface area contributed by atoms with Gasteiger partial charge in [0.1, 0.15) is 12.1 Å². The van der Waals surface area contributed by atoms with Gasteiger partial charge in [-0.2, -0.15) is 12.6 Å². The fraction of sp³-hybridized carbons (Fsp3) is 0.667. The SMILES string of the molecule is N[C@@H](CNN[C@@H](CS)C(=O)O)C(=O)O. The van der Waals surface area contributed by atoms with Gasteiger partial charge in [-0.05, 0) is 0 Å². The largest absolute Gasteiger partial charge is 0.480 e. The lowest BCUT2D eigenvalue weighted by atomic mass is 10.3. The standard InChI is InChI=1S/C6H13N3O4S/c7-3(5(10)11)1-8-9-4(2-14)6(12)13/h3-4,8-9,14H,1-2,7H2,(H,10,11)(H,12,13)/t3-,4-/m0/s1. The Morgan fingerprint density at radius 3 is 2.29 bits per heavy atom. The number of nitrogens with one attached hydrogen (secondary N) is 2. The molecule has 0 radical (unpaired) electrons. The van der Waals surface area contributed by atoms with Gasteiger partial charge in [0.05, 0.1) is 0 Å². The van der Waals surface area contributed by atoms with E-state index in [1.165, 1.54) is 0 Å². The van der Waals surface area contributed by atoms with Crippen molar-refractivity contribution in [2.75, 3.05) is 12.3 Å². The lowest BCUT2D eigenvalue weighted by Gasteiger charge is -2.14. The molecule has 2 atom stereocenters. The van der Waals surface area contributed by atoms with Gasteiger partial charge in [-0.3, -0.25) is 15.0 Å². The van der Waals surface area contributed by atoms with Crippen molar-refractivity contribution in [3.8, 4) is 0 Å². The topological polar surface area (TPSA) is 125 Å². The molecule has 14 heavy (non-hydrogen) atoms. The summed E-state index contributed by atoms with van der Waals surface area (Å²) in [4.78, 5) is 20.7. The average molecular weight is 223 g/mol. The summed E-state index contributed by atoms with van der Waals surface area (Å²) in [5.74, 6) is -2.14. The van der Waals surface area contributed by atoms with Gasteiger partial charge in [0.2, 0.25) is 0 Å². The van der Waals surface area contributed by atoms with Crippen LogP contribution in [0.25, 0.3) is 0 Å². The Hall–Kier alpha value is -0.830. The molecule has 0 aromatic carbocycles. The van der Waals surface area contributed by atoms with Gasteiger partial charge in [-0.25, -0.2) is 5.43 Å². The van der Waals surface area contributed by atoms with Crippen LogP contribution in [0.2, 0.25) is 0 Å². The molecule has 0 rings (SSSR count). The molecule has 0 heterocycles. The Kier molecular flexibility index (Phi) is 6.21. The Bertz CT molecular complexity index is 213. The molecular weight excluding hydrogens is 210 g/mol. The molecule has 0 saturated heterocycles. The second-order valence-electron chi connectivity index (χ2n) is 2.54. The molecule has 0 bridgehead atoms. The maximum absolute atomic E-state index is 10.4. The zero-order chi connectivity index (χ0) is 11.1. The van der Waals surface area contributed by atoms with E-state index in [2.05, 4.69) is 23.5 Å². The van der Waals surface area contributed by atoms with Gasteiger partial charge in [-0.1, -0.05) is 0 Å². The van der Waals surface area contributed by atoms with Crippen LogP contribution in [-0.2, 0) is 9.59 Å². The van der Waals surface area contributed by atoms with E-state index in [1.54, 1.807) is 0 Å². The lowest BCUT2D eigenvalue weighted by molar-refractivity contribution is -0.139. The molecule has 8 heteroatoms. The Balaban J connectivity index is 3.71. The van der Waals surface area contributed by atoms with Crippen molar-refractivity contribution in [1.82, 2.24) is 10.9 Å². The van der Waals surface area contributed by atoms with Crippen molar-refractivity contribution in [1.29, 1.82) is 0 Å². The van der Waals surface area contributed by atoms with E-state index in [1.807, 2.05) is 0 Å². The van der Waals surface area contributed by atoms with E-state index in [4.69, 9.17) is 15.9 Å². The lowest BCUT2D eigenvalue weighted by Crippen LogP contribution is -2.51. The number of thiol groups is 1. The molecular formula is C6H13N3O4S. The first-order valence-corrected chi connectivity index (χ1v) is 4.42. The second kappa shape index (κ2) is 6.60. The monoisotopic (exact) mass is 223 g/mol. The van der Waals surface area contributed by atoms with Crippen LogP contribution in [0, 0.1) is 0 Å². The number of hydrogen-bond acceptors (Lipinski definition) is 6. The first-order chi connectivity index (χ1) is 6.49. The van der Waals surface area contributed by atoms with Gasteiger partial charge >= 0.3 is 11.9 Å². The van der Waals surface area contributed by atoms with Crippen LogP contribution in [-0.4, -0.2) is 46.5 Å². The number of carboxylic acid groups (broad SMARTS) is 2. The van der Waals surface area contributed by atoms with E-state index < -0.39 is 24.0 Å². The summed E-state index contributed by atoms with van der Waals surface area (Å²) >= 11 is 3.79. The predicted molar refractivity (Wildman–Crippen MR) is 52.0 cm³/mol. The summed E-state index contributed by atoms with van der Waals surface area (Å²) in [5, 5.41) is 16.9. The number of aliphatic carboxylic acids is 2. The summed E-state index contributed by atoms with van der Waals surface area (Å²) in [6.45, 7) is -0.0626. The number of nitrogens with two attached hydrogens (primary N) is 1. The number of carboxylic acids is 2. The highest BCUT2D eigenvalue weighted by atomic mass is 32.1. The Labute approximate surface area is 86.0 Å². The third-order valence-electron chi connectivity index (χ3n) is 1.40. The van der Waals surface area contributed by atoms with Gasteiger partial charge in [-0.15, -0.1) is 0 Å².